The predicted octanol–water partition coefficient (Wildman–Crippen LogP) is 3.74. The fourth-order valence-electron chi connectivity index (χ4n) is 1.91. The van der Waals surface area contributed by atoms with Crippen LogP contribution >= 0.6 is 15.9 Å². The van der Waals surface area contributed by atoms with Crippen molar-refractivity contribution >= 4 is 21.9 Å². The number of pyridine rings is 1. The van der Waals surface area contributed by atoms with Gasteiger partial charge >= 0.3 is 5.97 Å². The molecule has 0 aliphatic rings. The van der Waals surface area contributed by atoms with Gasteiger partial charge in [0.1, 0.15) is 17.9 Å². The summed E-state index contributed by atoms with van der Waals surface area (Å²) in [6, 6.07) is 9.01. The second-order valence-electron chi connectivity index (χ2n) is 4.46. The first kappa shape index (κ1) is 14.5. The first-order chi connectivity index (χ1) is 9.47. The number of rotatable bonds is 4. The molecule has 1 aromatic carbocycles. The molecule has 1 N–H and O–H groups in total. The van der Waals surface area contributed by atoms with Gasteiger partial charge in [0, 0.05) is 10.2 Å². The lowest BCUT2D eigenvalue weighted by Crippen LogP contribution is -2.06. The number of hydrogen-bond acceptors (Lipinski definition) is 3. The third-order valence-corrected chi connectivity index (χ3v) is 3.24. The number of aromatic carboxylic acids is 1. The van der Waals surface area contributed by atoms with E-state index < -0.39 is 5.97 Å². The molecular formula is C15H14BrNO3. The van der Waals surface area contributed by atoms with Crippen LogP contribution in [0.25, 0.3) is 0 Å². The van der Waals surface area contributed by atoms with E-state index in [-0.39, 0.29) is 12.2 Å². The number of benzene rings is 1. The SMILES string of the molecule is Cc1cccc(COc2c(C)cc(Br)cc2C(=O)O)n1. The smallest absolute Gasteiger partial charge is 0.339 e. The Hall–Kier alpha value is -1.88. The lowest BCUT2D eigenvalue weighted by molar-refractivity contribution is 0.0691. The Kier molecular flexibility index (Phi) is 4.39. The zero-order chi connectivity index (χ0) is 14.7. The quantitative estimate of drug-likeness (QED) is 0.924. The molecule has 4 nitrogen and oxygen atoms in total. The van der Waals surface area contributed by atoms with Crippen molar-refractivity contribution in [1.29, 1.82) is 0 Å². The molecule has 1 aromatic heterocycles. The van der Waals surface area contributed by atoms with E-state index >= 15 is 0 Å². The van der Waals surface area contributed by atoms with E-state index in [9.17, 15) is 9.90 Å². The molecule has 0 aliphatic carbocycles. The average molecular weight is 336 g/mol. The number of aryl methyl sites for hydroxylation is 2. The number of ether oxygens (including phenoxy) is 1. The Bertz CT molecular complexity index is 656. The molecule has 1 heterocycles. The van der Waals surface area contributed by atoms with Crippen molar-refractivity contribution in [2.24, 2.45) is 0 Å². The lowest BCUT2D eigenvalue weighted by Gasteiger charge is -2.12. The number of nitrogens with zero attached hydrogens (tertiary/aromatic N) is 1. The van der Waals surface area contributed by atoms with E-state index in [2.05, 4.69) is 20.9 Å². The van der Waals surface area contributed by atoms with Crippen LogP contribution in [0.2, 0.25) is 0 Å². The maximum atomic E-state index is 11.3. The van der Waals surface area contributed by atoms with E-state index in [1.807, 2.05) is 38.1 Å². The largest absolute Gasteiger partial charge is 0.486 e. The summed E-state index contributed by atoms with van der Waals surface area (Å²) in [6.45, 7) is 3.96. The van der Waals surface area contributed by atoms with Crippen molar-refractivity contribution in [3.05, 3.63) is 57.3 Å². The van der Waals surface area contributed by atoms with Gasteiger partial charge in [-0.05, 0) is 43.7 Å². The van der Waals surface area contributed by atoms with Gasteiger partial charge in [-0.2, -0.15) is 0 Å². The Labute approximate surface area is 125 Å². The predicted molar refractivity (Wildman–Crippen MR) is 79.1 cm³/mol. The molecule has 0 unspecified atom stereocenters. The fourth-order valence-corrected chi connectivity index (χ4v) is 2.48. The minimum absolute atomic E-state index is 0.143. The zero-order valence-corrected chi connectivity index (χ0v) is 12.8. The molecule has 0 amide bonds. The lowest BCUT2D eigenvalue weighted by atomic mass is 10.1. The van der Waals surface area contributed by atoms with Gasteiger partial charge in [0.15, 0.2) is 0 Å². The second kappa shape index (κ2) is 6.05. The molecule has 0 fully saturated rings. The van der Waals surface area contributed by atoms with Gasteiger partial charge in [0.25, 0.3) is 0 Å². The van der Waals surface area contributed by atoms with Gasteiger partial charge in [-0.1, -0.05) is 22.0 Å². The van der Waals surface area contributed by atoms with Gasteiger partial charge in [0.05, 0.1) is 5.69 Å². The van der Waals surface area contributed by atoms with Gasteiger partial charge in [-0.25, -0.2) is 4.79 Å². The van der Waals surface area contributed by atoms with E-state index in [1.165, 1.54) is 6.07 Å². The summed E-state index contributed by atoms with van der Waals surface area (Å²) < 4.78 is 6.38. The average Bonchev–Trinajstić information content (AvgIpc) is 2.36. The van der Waals surface area contributed by atoms with Crippen LogP contribution in [0.4, 0.5) is 0 Å². The number of aromatic nitrogens is 1. The van der Waals surface area contributed by atoms with Gasteiger partial charge in [0.2, 0.25) is 0 Å². The van der Waals surface area contributed by atoms with Crippen molar-refractivity contribution in [3.8, 4) is 5.75 Å². The first-order valence-electron chi connectivity index (χ1n) is 6.06. The summed E-state index contributed by atoms with van der Waals surface area (Å²) in [5.41, 5.74) is 2.58. The monoisotopic (exact) mass is 335 g/mol. The van der Waals surface area contributed by atoms with E-state index in [0.717, 1.165) is 17.0 Å². The zero-order valence-electron chi connectivity index (χ0n) is 11.2. The molecule has 2 aromatic rings. The van der Waals surface area contributed by atoms with Crippen LogP contribution in [0.3, 0.4) is 0 Å². The molecule has 2 rings (SSSR count). The van der Waals surface area contributed by atoms with Gasteiger partial charge in [-0.15, -0.1) is 0 Å². The minimum atomic E-state index is -1.01. The highest BCUT2D eigenvalue weighted by Crippen LogP contribution is 2.28. The molecule has 0 aliphatic heterocycles. The van der Waals surface area contributed by atoms with E-state index in [4.69, 9.17) is 4.74 Å². The molecule has 0 bridgehead atoms. The van der Waals surface area contributed by atoms with Crippen LogP contribution in [0, 0.1) is 13.8 Å². The summed E-state index contributed by atoms with van der Waals surface area (Å²) >= 11 is 3.29. The van der Waals surface area contributed by atoms with Crippen LogP contribution in [0.1, 0.15) is 27.3 Å². The summed E-state index contributed by atoms with van der Waals surface area (Å²) in [4.78, 5) is 15.6. The van der Waals surface area contributed by atoms with Crippen molar-refractivity contribution in [2.45, 2.75) is 20.5 Å². The summed E-state index contributed by atoms with van der Waals surface area (Å²) in [7, 11) is 0. The van der Waals surface area contributed by atoms with Crippen LogP contribution in [-0.2, 0) is 6.61 Å². The Morgan fingerprint density at radius 3 is 2.75 bits per heavy atom. The Balaban J connectivity index is 2.27. The topological polar surface area (TPSA) is 59.4 Å². The van der Waals surface area contributed by atoms with Crippen LogP contribution in [0.5, 0.6) is 5.75 Å². The highest BCUT2D eigenvalue weighted by molar-refractivity contribution is 9.10. The van der Waals surface area contributed by atoms with E-state index in [0.29, 0.717) is 10.2 Å². The number of carboxylic acids is 1. The molecule has 5 heteroatoms. The van der Waals surface area contributed by atoms with Gasteiger partial charge < -0.3 is 9.84 Å². The molecular weight excluding hydrogens is 322 g/mol. The number of halogens is 1. The molecule has 0 saturated heterocycles. The molecule has 0 radical (unpaired) electrons. The molecule has 0 saturated carbocycles. The number of carboxylic acid groups (broad SMARTS) is 1. The highest BCUT2D eigenvalue weighted by atomic mass is 79.9. The van der Waals surface area contributed by atoms with Crippen LogP contribution < -0.4 is 4.74 Å². The summed E-state index contributed by atoms with van der Waals surface area (Å²) in [5.74, 6) is -0.634. The van der Waals surface area contributed by atoms with Crippen molar-refractivity contribution in [3.63, 3.8) is 0 Å². The molecule has 104 valence electrons. The number of hydrogen-bond donors (Lipinski definition) is 1. The number of carbonyl (C=O) groups is 1. The third kappa shape index (κ3) is 3.36. The maximum Gasteiger partial charge on any atom is 0.339 e. The fraction of sp³-hybridized carbons (Fsp3) is 0.200. The maximum absolute atomic E-state index is 11.3. The van der Waals surface area contributed by atoms with Crippen molar-refractivity contribution < 1.29 is 14.6 Å². The second-order valence-corrected chi connectivity index (χ2v) is 5.38. The summed E-state index contributed by atoms with van der Waals surface area (Å²) in [6.07, 6.45) is 0. The third-order valence-electron chi connectivity index (χ3n) is 2.78. The Morgan fingerprint density at radius 2 is 2.10 bits per heavy atom. The standard InChI is InChI=1S/C15H14BrNO3/c1-9-6-11(16)7-13(15(18)19)14(9)20-8-12-5-3-4-10(2)17-12/h3-7H,8H2,1-2H3,(H,18,19). The van der Waals surface area contributed by atoms with Crippen molar-refractivity contribution in [1.82, 2.24) is 4.98 Å². The Morgan fingerprint density at radius 1 is 1.35 bits per heavy atom. The molecule has 0 atom stereocenters. The van der Waals surface area contributed by atoms with Crippen LogP contribution in [0.15, 0.2) is 34.8 Å². The van der Waals surface area contributed by atoms with E-state index in [1.54, 1.807) is 0 Å². The molecule has 20 heavy (non-hydrogen) atoms. The van der Waals surface area contributed by atoms with Crippen LogP contribution in [-0.4, -0.2) is 16.1 Å². The van der Waals surface area contributed by atoms with Crippen molar-refractivity contribution in [2.75, 3.05) is 0 Å². The highest BCUT2D eigenvalue weighted by Gasteiger charge is 2.15. The summed E-state index contributed by atoms with van der Waals surface area (Å²) in [5, 5.41) is 9.24. The first-order valence-corrected chi connectivity index (χ1v) is 6.85. The normalized spacial score (nSPS) is 10.3. The minimum Gasteiger partial charge on any atom is -0.486 e. The van der Waals surface area contributed by atoms with Gasteiger partial charge in [-0.3, -0.25) is 4.98 Å². The molecule has 0 spiro atoms.